The van der Waals surface area contributed by atoms with Crippen molar-refractivity contribution in [3.05, 3.63) is 40.7 Å². The molecule has 1 aromatic heterocycles. The van der Waals surface area contributed by atoms with Gasteiger partial charge in [0.05, 0.1) is 25.3 Å². The van der Waals surface area contributed by atoms with Crippen molar-refractivity contribution in [2.24, 2.45) is 0 Å². The number of ether oxygens (including phenoxy) is 2. The summed E-state index contributed by atoms with van der Waals surface area (Å²) in [5, 5.41) is 0.725. The number of aromatic nitrogens is 1. The highest BCUT2D eigenvalue weighted by molar-refractivity contribution is 5.84. The first kappa shape index (κ1) is 16.0. The summed E-state index contributed by atoms with van der Waals surface area (Å²) < 4.78 is 13.4. The van der Waals surface area contributed by atoms with Gasteiger partial charge in [-0.1, -0.05) is 13.0 Å². The molecule has 0 amide bonds. The van der Waals surface area contributed by atoms with Gasteiger partial charge in [-0.05, 0) is 18.6 Å². The van der Waals surface area contributed by atoms with Gasteiger partial charge in [0.15, 0.2) is 5.43 Å². The fraction of sp³-hybridized carbons (Fsp3) is 0.500. The molecule has 0 spiro atoms. The van der Waals surface area contributed by atoms with E-state index in [2.05, 4.69) is 16.4 Å². The molecule has 0 N–H and O–H groups in total. The largest absolute Gasteiger partial charge is 0.491 e. The molecule has 23 heavy (non-hydrogen) atoms. The number of morpholine rings is 1. The maximum Gasteiger partial charge on any atom is 0.189 e. The first-order valence-electron chi connectivity index (χ1n) is 8.34. The lowest BCUT2D eigenvalue weighted by atomic mass is 10.2. The summed E-state index contributed by atoms with van der Waals surface area (Å²) in [6.07, 6.45) is 2.82. The van der Waals surface area contributed by atoms with E-state index < -0.39 is 0 Å². The average molecular weight is 316 g/mol. The van der Waals surface area contributed by atoms with E-state index >= 15 is 0 Å². The minimum atomic E-state index is 0.0459. The van der Waals surface area contributed by atoms with Crippen LogP contribution in [-0.4, -0.2) is 48.9 Å². The van der Waals surface area contributed by atoms with Crippen LogP contribution in [0.3, 0.4) is 0 Å². The third-order valence-corrected chi connectivity index (χ3v) is 4.18. The molecule has 124 valence electrons. The highest BCUT2D eigenvalue weighted by Crippen LogP contribution is 2.23. The van der Waals surface area contributed by atoms with E-state index in [-0.39, 0.29) is 5.43 Å². The summed E-state index contributed by atoms with van der Waals surface area (Å²) in [5.41, 5.74) is 0.950. The molecule has 0 radical (unpaired) electrons. The van der Waals surface area contributed by atoms with Gasteiger partial charge in [0, 0.05) is 43.8 Å². The van der Waals surface area contributed by atoms with Gasteiger partial charge in [-0.2, -0.15) is 0 Å². The lowest BCUT2D eigenvalue weighted by Gasteiger charge is -2.27. The first-order chi connectivity index (χ1) is 11.3. The Morgan fingerprint density at radius 3 is 2.78 bits per heavy atom. The molecule has 5 nitrogen and oxygen atoms in total. The Hall–Kier alpha value is -1.85. The quantitative estimate of drug-likeness (QED) is 0.819. The standard InChI is InChI=1S/C18H24N2O3/c1-2-12-23-17-5-3-4-15-16(21)6-7-20(18(15)17)9-8-19-10-13-22-14-11-19/h3-7H,2,8-14H2,1H3. The lowest BCUT2D eigenvalue weighted by Crippen LogP contribution is -2.38. The number of nitrogens with zero attached hydrogens (tertiary/aromatic N) is 2. The molecule has 0 bridgehead atoms. The lowest BCUT2D eigenvalue weighted by molar-refractivity contribution is 0.0365. The topological polar surface area (TPSA) is 43.7 Å². The van der Waals surface area contributed by atoms with Crippen LogP contribution in [0.15, 0.2) is 35.3 Å². The Labute approximate surface area is 136 Å². The molecule has 1 aromatic carbocycles. The molecule has 1 aliphatic rings. The molecule has 3 rings (SSSR count). The predicted molar refractivity (Wildman–Crippen MR) is 91.3 cm³/mol. The van der Waals surface area contributed by atoms with Crippen LogP contribution in [0.1, 0.15) is 13.3 Å². The van der Waals surface area contributed by atoms with Gasteiger partial charge in [-0.25, -0.2) is 0 Å². The molecule has 1 fully saturated rings. The normalized spacial score (nSPS) is 15.9. The van der Waals surface area contributed by atoms with E-state index in [1.54, 1.807) is 6.07 Å². The van der Waals surface area contributed by atoms with E-state index in [0.717, 1.165) is 62.5 Å². The summed E-state index contributed by atoms with van der Waals surface area (Å²) in [4.78, 5) is 14.6. The zero-order chi connectivity index (χ0) is 16.1. The van der Waals surface area contributed by atoms with Crippen molar-refractivity contribution in [1.82, 2.24) is 9.47 Å². The van der Waals surface area contributed by atoms with Gasteiger partial charge in [0.2, 0.25) is 0 Å². The SMILES string of the molecule is CCCOc1cccc2c(=O)ccn(CCN3CCOCC3)c12. The van der Waals surface area contributed by atoms with Crippen LogP contribution in [-0.2, 0) is 11.3 Å². The second kappa shape index (κ2) is 7.62. The van der Waals surface area contributed by atoms with E-state index in [0.29, 0.717) is 6.61 Å². The Kier molecular flexibility index (Phi) is 5.31. The zero-order valence-corrected chi connectivity index (χ0v) is 13.7. The van der Waals surface area contributed by atoms with Crippen LogP contribution in [0.25, 0.3) is 10.9 Å². The summed E-state index contributed by atoms with van der Waals surface area (Å²) in [7, 11) is 0. The maximum atomic E-state index is 12.2. The third-order valence-electron chi connectivity index (χ3n) is 4.18. The second-order valence-corrected chi connectivity index (χ2v) is 5.83. The fourth-order valence-electron chi connectivity index (χ4n) is 2.93. The van der Waals surface area contributed by atoms with Gasteiger partial charge in [-0.15, -0.1) is 0 Å². The molecule has 2 heterocycles. The van der Waals surface area contributed by atoms with Crippen LogP contribution >= 0.6 is 0 Å². The second-order valence-electron chi connectivity index (χ2n) is 5.83. The van der Waals surface area contributed by atoms with Crippen molar-refractivity contribution in [3.8, 4) is 5.75 Å². The number of benzene rings is 1. The number of hydrogen-bond donors (Lipinski definition) is 0. The number of fused-ring (bicyclic) bond motifs is 1. The molecule has 1 saturated heterocycles. The van der Waals surface area contributed by atoms with Crippen LogP contribution in [0.4, 0.5) is 0 Å². The molecule has 5 heteroatoms. The number of rotatable bonds is 6. The van der Waals surface area contributed by atoms with Crippen molar-refractivity contribution < 1.29 is 9.47 Å². The minimum Gasteiger partial charge on any atom is -0.491 e. The number of pyridine rings is 1. The average Bonchev–Trinajstić information content (AvgIpc) is 2.60. The van der Waals surface area contributed by atoms with Crippen molar-refractivity contribution >= 4 is 10.9 Å². The van der Waals surface area contributed by atoms with E-state index in [1.165, 1.54) is 0 Å². The summed E-state index contributed by atoms with van der Waals surface area (Å²) >= 11 is 0. The minimum absolute atomic E-state index is 0.0459. The van der Waals surface area contributed by atoms with Crippen LogP contribution < -0.4 is 10.2 Å². The highest BCUT2D eigenvalue weighted by Gasteiger charge is 2.12. The van der Waals surface area contributed by atoms with Gasteiger partial charge in [-0.3, -0.25) is 9.69 Å². The predicted octanol–water partition coefficient (Wildman–Crippen LogP) is 2.12. The Bertz CT molecular complexity index is 705. The Morgan fingerprint density at radius 2 is 2.00 bits per heavy atom. The van der Waals surface area contributed by atoms with Crippen LogP contribution in [0.2, 0.25) is 0 Å². The van der Waals surface area contributed by atoms with Crippen LogP contribution in [0.5, 0.6) is 5.75 Å². The molecule has 0 aliphatic carbocycles. The molecule has 2 aromatic rings. The van der Waals surface area contributed by atoms with Gasteiger partial charge >= 0.3 is 0 Å². The first-order valence-corrected chi connectivity index (χ1v) is 8.34. The molecule has 0 unspecified atom stereocenters. The number of para-hydroxylation sites is 1. The van der Waals surface area contributed by atoms with Gasteiger partial charge in [0.1, 0.15) is 5.75 Å². The molecule has 0 atom stereocenters. The molecule has 1 aliphatic heterocycles. The monoisotopic (exact) mass is 316 g/mol. The van der Waals surface area contributed by atoms with Crippen molar-refractivity contribution in [2.75, 3.05) is 39.5 Å². The maximum absolute atomic E-state index is 12.2. The van der Waals surface area contributed by atoms with Crippen molar-refractivity contribution in [3.63, 3.8) is 0 Å². The Morgan fingerprint density at radius 1 is 1.17 bits per heavy atom. The zero-order valence-electron chi connectivity index (χ0n) is 13.7. The van der Waals surface area contributed by atoms with E-state index in [4.69, 9.17) is 9.47 Å². The van der Waals surface area contributed by atoms with Gasteiger partial charge in [0.25, 0.3) is 0 Å². The smallest absolute Gasteiger partial charge is 0.189 e. The summed E-state index contributed by atoms with van der Waals surface area (Å²) in [5.74, 6) is 0.795. The number of hydrogen-bond acceptors (Lipinski definition) is 4. The van der Waals surface area contributed by atoms with Gasteiger partial charge < -0.3 is 14.0 Å². The van der Waals surface area contributed by atoms with Crippen LogP contribution in [0, 0.1) is 0 Å². The molecular formula is C18H24N2O3. The summed E-state index contributed by atoms with van der Waals surface area (Å²) in [6.45, 7) is 8.06. The van der Waals surface area contributed by atoms with Crippen molar-refractivity contribution in [1.29, 1.82) is 0 Å². The molecular weight excluding hydrogens is 292 g/mol. The molecule has 0 saturated carbocycles. The fourth-order valence-corrected chi connectivity index (χ4v) is 2.93. The Balaban J connectivity index is 1.88. The van der Waals surface area contributed by atoms with E-state index in [9.17, 15) is 4.79 Å². The van der Waals surface area contributed by atoms with Crippen molar-refractivity contribution in [2.45, 2.75) is 19.9 Å². The highest BCUT2D eigenvalue weighted by atomic mass is 16.5. The van der Waals surface area contributed by atoms with E-state index in [1.807, 2.05) is 24.4 Å². The third kappa shape index (κ3) is 3.74. The summed E-state index contributed by atoms with van der Waals surface area (Å²) in [6, 6.07) is 7.36.